The third-order valence-electron chi connectivity index (χ3n) is 3.10. The summed E-state index contributed by atoms with van der Waals surface area (Å²) in [5.74, 6) is -0.328. The molecule has 0 fully saturated rings. The number of nitrogens with one attached hydrogen (secondary N) is 1. The van der Waals surface area contributed by atoms with Gasteiger partial charge < -0.3 is 5.32 Å². The molecule has 8 heteroatoms. The zero-order valence-electron chi connectivity index (χ0n) is 11.5. The van der Waals surface area contributed by atoms with Gasteiger partial charge in [0.25, 0.3) is 0 Å². The lowest BCUT2D eigenvalue weighted by molar-refractivity contribution is 0.637. The number of fused-ring (bicyclic) bond motifs is 1. The Morgan fingerprint density at radius 1 is 0.957 bits per heavy atom. The Morgan fingerprint density at radius 2 is 1.78 bits per heavy atom. The predicted octanol–water partition coefficient (Wildman–Crippen LogP) is 5.35. The Labute approximate surface area is 143 Å². The van der Waals surface area contributed by atoms with Crippen LogP contribution in [0.1, 0.15) is 0 Å². The largest absolute Gasteiger partial charge is 0.306 e. The van der Waals surface area contributed by atoms with Crippen LogP contribution in [0.5, 0.6) is 0 Å². The number of benzene rings is 2. The Kier molecular flexibility index (Phi) is 3.68. The number of aromatic nitrogens is 3. The maximum absolute atomic E-state index is 13.7. The summed E-state index contributed by atoms with van der Waals surface area (Å²) in [6.07, 6.45) is 0. The van der Waals surface area contributed by atoms with Crippen LogP contribution in [-0.2, 0) is 0 Å². The van der Waals surface area contributed by atoms with Crippen molar-refractivity contribution in [1.82, 2.24) is 15.2 Å². The summed E-state index contributed by atoms with van der Waals surface area (Å²) in [5.41, 5.74) is 1.30. The molecule has 0 atom stereocenters. The van der Waals surface area contributed by atoms with Gasteiger partial charge >= 0.3 is 0 Å². The number of halogens is 2. The molecule has 0 radical (unpaired) electrons. The highest BCUT2D eigenvalue weighted by molar-refractivity contribution is 7.23. The molecule has 4 nitrogen and oxygen atoms in total. The zero-order valence-corrected chi connectivity index (χ0v) is 13.8. The average molecular weight is 363 g/mol. The van der Waals surface area contributed by atoms with Crippen molar-refractivity contribution in [3.8, 4) is 10.6 Å². The van der Waals surface area contributed by atoms with Crippen molar-refractivity contribution in [2.24, 2.45) is 0 Å². The van der Waals surface area contributed by atoms with E-state index in [9.17, 15) is 4.39 Å². The van der Waals surface area contributed by atoms with Crippen molar-refractivity contribution in [2.45, 2.75) is 0 Å². The van der Waals surface area contributed by atoms with Gasteiger partial charge in [-0.1, -0.05) is 52.5 Å². The lowest BCUT2D eigenvalue weighted by Gasteiger charge is -1.95. The molecule has 0 aliphatic heterocycles. The highest BCUT2D eigenvalue weighted by Gasteiger charge is 2.11. The molecule has 0 spiro atoms. The Morgan fingerprint density at radius 3 is 2.57 bits per heavy atom. The normalized spacial score (nSPS) is 11.0. The van der Waals surface area contributed by atoms with Crippen LogP contribution in [0.15, 0.2) is 42.5 Å². The number of para-hydroxylation sites is 1. The molecule has 114 valence electrons. The number of hydrogen-bond donors (Lipinski definition) is 1. The molecule has 0 aliphatic carbocycles. The van der Waals surface area contributed by atoms with E-state index in [2.05, 4.69) is 20.5 Å². The van der Waals surface area contributed by atoms with Gasteiger partial charge in [0.2, 0.25) is 5.13 Å². The van der Waals surface area contributed by atoms with E-state index in [0.717, 1.165) is 15.3 Å². The molecule has 23 heavy (non-hydrogen) atoms. The molecule has 0 saturated carbocycles. The van der Waals surface area contributed by atoms with E-state index in [1.165, 1.54) is 28.7 Å². The van der Waals surface area contributed by atoms with Crippen molar-refractivity contribution in [2.75, 3.05) is 5.32 Å². The summed E-state index contributed by atoms with van der Waals surface area (Å²) in [6.45, 7) is 0. The minimum absolute atomic E-state index is 0.328. The Bertz CT molecular complexity index is 981. The first-order valence-corrected chi connectivity index (χ1v) is 8.62. The molecule has 2 aromatic carbocycles. The zero-order chi connectivity index (χ0) is 15.8. The van der Waals surface area contributed by atoms with E-state index in [1.54, 1.807) is 6.07 Å². The number of nitrogens with zero attached hydrogens (tertiary/aromatic N) is 3. The highest BCUT2D eigenvalue weighted by Crippen LogP contribution is 2.32. The number of anilines is 2. The molecule has 1 N–H and O–H groups in total. The molecule has 4 rings (SSSR count). The smallest absolute Gasteiger partial charge is 0.212 e. The predicted molar refractivity (Wildman–Crippen MR) is 93.2 cm³/mol. The topological polar surface area (TPSA) is 50.7 Å². The second kappa shape index (κ2) is 5.84. The second-order valence-corrected chi connectivity index (χ2v) is 7.09. The first-order chi connectivity index (χ1) is 11.2. The summed E-state index contributed by atoms with van der Waals surface area (Å²) in [7, 11) is 0. The summed E-state index contributed by atoms with van der Waals surface area (Å²) in [4.78, 5) is 4.25. The third-order valence-corrected chi connectivity index (χ3v) is 5.18. The molecule has 0 aliphatic rings. The van der Waals surface area contributed by atoms with E-state index in [0.29, 0.717) is 20.8 Å². The fraction of sp³-hybridized carbons (Fsp3) is 0. The van der Waals surface area contributed by atoms with E-state index in [4.69, 9.17) is 11.6 Å². The molecule has 2 aromatic heterocycles. The van der Waals surface area contributed by atoms with E-state index >= 15 is 0 Å². The quantitative estimate of drug-likeness (QED) is 0.533. The molecule has 0 unspecified atom stereocenters. The van der Waals surface area contributed by atoms with Crippen LogP contribution in [0.4, 0.5) is 14.7 Å². The van der Waals surface area contributed by atoms with Crippen LogP contribution < -0.4 is 5.32 Å². The highest BCUT2D eigenvalue weighted by atomic mass is 35.5. The fourth-order valence-electron chi connectivity index (χ4n) is 2.04. The Balaban J connectivity index is 1.61. The molecular weight excluding hydrogens is 355 g/mol. The minimum atomic E-state index is -0.328. The SMILES string of the molecule is Fc1cccc2sc(Nc3nnc(-c4ccc(Cl)cc4)s3)nc12. The lowest BCUT2D eigenvalue weighted by Crippen LogP contribution is -1.88. The average Bonchev–Trinajstić information content (AvgIpc) is 3.16. The van der Waals surface area contributed by atoms with E-state index in [1.807, 2.05) is 30.3 Å². The molecule has 0 bridgehead atoms. The summed E-state index contributed by atoms with van der Waals surface area (Å²) in [6, 6.07) is 12.3. The number of thiazole rings is 1. The van der Waals surface area contributed by atoms with Crippen LogP contribution >= 0.6 is 34.3 Å². The molecule has 0 saturated heterocycles. The first kappa shape index (κ1) is 14.5. The van der Waals surface area contributed by atoms with Gasteiger partial charge in [-0.3, -0.25) is 0 Å². The van der Waals surface area contributed by atoms with Crippen molar-refractivity contribution < 1.29 is 4.39 Å². The maximum Gasteiger partial charge on any atom is 0.212 e. The van der Waals surface area contributed by atoms with Crippen molar-refractivity contribution in [3.63, 3.8) is 0 Å². The van der Waals surface area contributed by atoms with E-state index in [-0.39, 0.29) is 5.82 Å². The van der Waals surface area contributed by atoms with Gasteiger partial charge in [0.05, 0.1) is 4.70 Å². The molecular formula is C15H8ClFN4S2. The fourth-order valence-corrected chi connectivity index (χ4v) is 3.86. The van der Waals surface area contributed by atoms with Gasteiger partial charge in [-0.05, 0) is 24.3 Å². The summed E-state index contributed by atoms with van der Waals surface area (Å²) in [5, 5.41) is 14.0. The minimum Gasteiger partial charge on any atom is -0.306 e. The second-order valence-electron chi connectivity index (χ2n) is 4.65. The molecule has 0 amide bonds. The van der Waals surface area contributed by atoms with Crippen LogP contribution in [-0.4, -0.2) is 15.2 Å². The number of rotatable bonds is 3. The summed E-state index contributed by atoms with van der Waals surface area (Å²) >= 11 is 8.65. The van der Waals surface area contributed by atoms with Crippen LogP contribution in [0.3, 0.4) is 0 Å². The van der Waals surface area contributed by atoms with Gasteiger partial charge in [0.15, 0.2) is 5.13 Å². The Hall–Kier alpha value is -2.09. The van der Waals surface area contributed by atoms with E-state index < -0.39 is 0 Å². The number of hydrogen-bond acceptors (Lipinski definition) is 6. The van der Waals surface area contributed by atoms with Crippen molar-refractivity contribution in [3.05, 3.63) is 53.3 Å². The van der Waals surface area contributed by atoms with Gasteiger partial charge in [-0.25, -0.2) is 9.37 Å². The van der Waals surface area contributed by atoms with Crippen molar-refractivity contribution >= 4 is 54.8 Å². The van der Waals surface area contributed by atoms with Gasteiger partial charge in [-0.15, -0.1) is 10.2 Å². The lowest BCUT2D eigenvalue weighted by atomic mass is 10.2. The summed E-state index contributed by atoms with van der Waals surface area (Å²) < 4.78 is 14.5. The van der Waals surface area contributed by atoms with Gasteiger partial charge in [-0.2, -0.15) is 0 Å². The standard InChI is InChI=1S/C15H8ClFN4S2/c16-9-6-4-8(5-7-9)13-20-21-15(23-13)19-14-18-12-10(17)2-1-3-11(12)22-14/h1-7H,(H,18,19,21). The maximum atomic E-state index is 13.7. The van der Waals surface area contributed by atoms with Crippen molar-refractivity contribution in [1.29, 1.82) is 0 Å². The van der Waals surface area contributed by atoms with Crippen LogP contribution in [0.25, 0.3) is 20.8 Å². The van der Waals surface area contributed by atoms with Gasteiger partial charge in [0.1, 0.15) is 16.3 Å². The monoisotopic (exact) mass is 362 g/mol. The first-order valence-electron chi connectivity index (χ1n) is 6.60. The molecule has 2 heterocycles. The third kappa shape index (κ3) is 2.90. The molecule has 4 aromatic rings. The van der Waals surface area contributed by atoms with Crippen LogP contribution in [0.2, 0.25) is 5.02 Å². The van der Waals surface area contributed by atoms with Gasteiger partial charge in [0, 0.05) is 10.6 Å². The van der Waals surface area contributed by atoms with Crippen LogP contribution in [0, 0.1) is 5.82 Å².